The third kappa shape index (κ3) is 2.31. The minimum Gasteiger partial charge on any atom is -0.321 e. The first kappa shape index (κ1) is 12.8. The monoisotopic (exact) mass is 259 g/mol. The lowest BCUT2D eigenvalue weighted by Crippen LogP contribution is -2.14. The first-order valence-electron chi connectivity index (χ1n) is 5.93. The molecule has 18 heavy (non-hydrogen) atoms. The predicted molar refractivity (Wildman–Crippen MR) is 77.7 cm³/mol. The lowest BCUT2D eigenvalue weighted by Gasteiger charge is -2.11. The van der Waals surface area contributed by atoms with E-state index >= 15 is 0 Å². The van der Waals surface area contributed by atoms with E-state index in [1.54, 1.807) is 11.3 Å². The van der Waals surface area contributed by atoms with Crippen LogP contribution in [-0.4, -0.2) is 5.91 Å². The number of thiophene rings is 1. The van der Waals surface area contributed by atoms with Gasteiger partial charge in [0.05, 0.1) is 5.56 Å². The van der Waals surface area contributed by atoms with Gasteiger partial charge in [0, 0.05) is 15.9 Å². The molecule has 1 amide bonds. The first-order chi connectivity index (χ1) is 8.50. The second-order valence-electron chi connectivity index (χ2n) is 4.55. The summed E-state index contributed by atoms with van der Waals surface area (Å²) in [6, 6.07) is 6.02. The summed E-state index contributed by atoms with van der Waals surface area (Å²) in [4.78, 5) is 13.4. The van der Waals surface area contributed by atoms with E-state index in [4.69, 9.17) is 0 Å². The smallest absolute Gasteiger partial charge is 0.256 e. The van der Waals surface area contributed by atoms with Crippen LogP contribution in [0.15, 0.2) is 23.6 Å². The molecule has 0 spiro atoms. The molecule has 0 radical (unpaired) electrons. The Hall–Kier alpha value is -1.61. The van der Waals surface area contributed by atoms with Gasteiger partial charge in [-0.1, -0.05) is 18.2 Å². The van der Waals surface area contributed by atoms with Crippen LogP contribution in [-0.2, 0) is 0 Å². The van der Waals surface area contributed by atoms with Crippen molar-refractivity contribution in [2.24, 2.45) is 0 Å². The van der Waals surface area contributed by atoms with Crippen LogP contribution in [0.4, 0.5) is 5.69 Å². The maximum atomic E-state index is 12.2. The van der Waals surface area contributed by atoms with Crippen LogP contribution in [0.2, 0.25) is 0 Å². The van der Waals surface area contributed by atoms with E-state index in [9.17, 15) is 4.79 Å². The van der Waals surface area contributed by atoms with E-state index in [-0.39, 0.29) is 5.91 Å². The molecule has 1 aromatic heterocycles. The van der Waals surface area contributed by atoms with Gasteiger partial charge >= 0.3 is 0 Å². The minimum absolute atomic E-state index is 0.0192. The summed E-state index contributed by atoms with van der Waals surface area (Å²) in [5, 5.41) is 4.94. The van der Waals surface area contributed by atoms with Crippen molar-refractivity contribution in [1.29, 1.82) is 0 Å². The number of rotatable bonds is 2. The fourth-order valence-electron chi connectivity index (χ4n) is 1.93. The van der Waals surface area contributed by atoms with E-state index < -0.39 is 0 Å². The van der Waals surface area contributed by atoms with Crippen LogP contribution in [0.25, 0.3) is 0 Å². The Kier molecular flexibility index (Phi) is 3.53. The number of nitrogens with one attached hydrogen (secondary N) is 1. The van der Waals surface area contributed by atoms with Gasteiger partial charge in [0.15, 0.2) is 0 Å². The van der Waals surface area contributed by atoms with Crippen molar-refractivity contribution in [3.63, 3.8) is 0 Å². The molecule has 2 rings (SSSR count). The van der Waals surface area contributed by atoms with Gasteiger partial charge in [-0.2, -0.15) is 0 Å². The molecule has 1 heterocycles. The second kappa shape index (κ2) is 4.94. The summed E-state index contributed by atoms with van der Waals surface area (Å²) < 4.78 is 0. The summed E-state index contributed by atoms with van der Waals surface area (Å²) in [5.41, 5.74) is 4.95. The number of aryl methyl sites for hydroxylation is 3. The highest BCUT2D eigenvalue weighted by molar-refractivity contribution is 7.10. The molecule has 2 nitrogen and oxygen atoms in total. The average Bonchev–Trinajstić information content (AvgIpc) is 2.65. The Morgan fingerprint density at radius 3 is 2.22 bits per heavy atom. The Morgan fingerprint density at radius 2 is 1.72 bits per heavy atom. The van der Waals surface area contributed by atoms with Crippen molar-refractivity contribution in [2.45, 2.75) is 27.7 Å². The van der Waals surface area contributed by atoms with Crippen molar-refractivity contribution in [3.05, 3.63) is 50.7 Å². The average molecular weight is 259 g/mol. The van der Waals surface area contributed by atoms with Gasteiger partial charge in [0.1, 0.15) is 0 Å². The zero-order valence-electron chi connectivity index (χ0n) is 11.1. The lowest BCUT2D eigenvalue weighted by atomic mass is 10.1. The Morgan fingerprint density at radius 1 is 1.11 bits per heavy atom. The quantitative estimate of drug-likeness (QED) is 0.859. The molecular weight excluding hydrogens is 242 g/mol. The number of amides is 1. The van der Waals surface area contributed by atoms with Gasteiger partial charge in [0.2, 0.25) is 0 Å². The van der Waals surface area contributed by atoms with Crippen molar-refractivity contribution < 1.29 is 4.79 Å². The fourth-order valence-corrected chi connectivity index (χ4v) is 2.80. The Bertz CT molecular complexity index is 578. The number of hydrogen-bond acceptors (Lipinski definition) is 2. The van der Waals surface area contributed by atoms with Gasteiger partial charge in [0.25, 0.3) is 5.91 Å². The van der Waals surface area contributed by atoms with E-state index in [1.165, 1.54) is 4.88 Å². The molecule has 0 aliphatic heterocycles. The highest BCUT2D eigenvalue weighted by Crippen LogP contribution is 2.24. The van der Waals surface area contributed by atoms with Crippen LogP contribution in [0.1, 0.15) is 31.9 Å². The molecule has 0 saturated heterocycles. The number of anilines is 1. The zero-order valence-corrected chi connectivity index (χ0v) is 11.9. The number of para-hydroxylation sites is 1. The summed E-state index contributed by atoms with van der Waals surface area (Å²) in [5.74, 6) is -0.0192. The number of hydrogen-bond donors (Lipinski definition) is 1. The second-order valence-corrected chi connectivity index (χ2v) is 5.64. The molecule has 0 saturated carbocycles. The molecule has 0 fully saturated rings. The molecule has 1 aromatic carbocycles. The normalized spacial score (nSPS) is 10.4. The highest BCUT2D eigenvalue weighted by Gasteiger charge is 2.14. The standard InChI is InChI=1S/C15H17NOS/c1-9-6-5-7-10(2)14(9)16-15(17)13-8-18-12(4)11(13)3/h5-8H,1-4H3,(H,16,17). The molecule has 3 heteroatoms. The summed E-state index contributed by atoms with van der Waals surface area (Å²) in [6.45, 7) is 8.05. The van der Waals surface area contributed by atoms with Gasteiger partial charge in [-0.25, -0.2) is 0 Å². The molecule has 0 aliphatic rings. The highest BCUT2D eigenvalue weighted by atomic mass is 32.1. The van der Waals surface area contributed by atoms with Crippen LogP contribution in [0.3, 0.4) is 0 Å². The maximum Gasteiger partial charge on any atom is 0.256 e. The molecule has 94 valence electrons. The van der Waals surface area contributed by atoms with E-state index in [0.29, 0.717) is 0 Å². The molecule has 0 unspecified atom stereocenters. The van der Waals surface area contributed by atoms with Crippen molar-refractivity contribution in [3.8, 4) is 0 Å². The predicted octanol–water partition coefficient (Wildman–Crippen LogP) is 4.23. The molecule has 1 N–H and O–H groups in total. The number of benzene rings is 1. The zero-order chi connectivity index (χ0) is 13.3. The van der Waals surface area contributed by atoms with Gasteiger partial charge in [-0.05, 0) is 44.4 Å². The van der Waals surface area contributed by atoms with Gasteiger partial charge in [-0.3, -0.25) is 4.79 Å². The number of carbonyl (C=O) groups excluding carboxylic acids is 1. The number of carbonyl (C=O) groups is 1. The molecule has 0 bridgehead atoms. The van der Waals surface area contributed by atoms with Crippen LogP contribution in [0, 0.1) is 27.7 Å². The van der Waals surface area contributed by atoms with E-state index in [1.807, 2.05) is 51.3 Å². The van der Waals surface area contributed by atoms with E-state index in [2.05, 4.69) is 5.32 Å². The molecule has 0 atom stereocenters. The van der Waals surface area contributed by atoms with Crippen LogP contribution >= 0.6 is 11.3 Å². The maximum absolute atomic E-state index is 12.2. The summed E-state index contributed by atoms with van der Waals surface area (Å²) in [6.07, 6.45) is 0. The minimum atomic E-state index is -0.0192. The first-order valence-corrected chi connectivity index (χ1v) is 6.81. The van der Waals surface area contributed by atoms with Crippen LogP contribution in [0.5, 0.6) is 0 Å². The largest absolute Gasteiger partial charge is 0.321 e. The van der Waals surface area contributed by atoms with Gasteiger partial charge < -0.3 is 5.32 Å². The molecule has 2 aromatic rings. The SMILES string of the molecule is Cc1cccc(C)c1NC(=O)c1csc(C)c1C. The molecule has 0 aliphatic carbocycles. The van der Waals surface area contributed by atoms with Crippen molar-refractivity contribution >= 4 is 22.9 Å². The van der Waals surface area contributed by atoms with Crippen molar-refractivity contribution in [1.82, 2.24) is 0 Å². The Labute approximate surface area is 112 Å². The van der Waals surface area contributed by atoms with E-state index in [0.717, 1.165) is 27.9 Å². The third-order valence-electron chi connectivity index (χ3n) is 3.25. The van der Waals surface area contributed by atoms with Crippen molar-refractivity contribution in [2.75, 3.05) is 5.32 Å². The fraction of sp³-hybridized carbons (Fsp3) is 0.267. The summed E-state index contributed by atoms with van der Waals surface area (Å²) in [7, 11) is 0. The topological polar surface area (TPSA) is 29.1 Å². The molecular formula is C15H17NOS. The lowest BCUT2D eigenvalue weighted by molar-refractivity contribution is 0.102. The summed E-state index contributed by atoms with van der Waals surface area (Å²) >= 11 is 1.62. The van der Waals surface area contributed by atoms with Crippen LogP contribution < -0.4 is 5.32 Å². The van der Waals surface area contributed by atoms with Gasteiger partial charge in [-0.15, -0.1) is 11.3 Å². The Balaban J connectivity index is 2.30. The third-order valence-corrected chi connectivity index (χ3v) is 4.26.